The Morgan fingerprint density at radius 1 is 1.47 bits per heavy atom. The van der Waals surface area contributed by atoms with Crippen molar-refractivity contribution in [1.29, 1.82) is 0 Å². The highest BCUT2D eigenvalue weighted by Gasteiger charge is 2.05. The van der Waals surface area contributed by atoms with E-state index in [9.17, 15) is 9.18 Å². The van der Waals surface area contributed by atoms with E-state index >= 15 is 0 Å². The Morgan fingerprint density at radius 3 is 3.00 bits per heavy atom. The van der Waals surface area contributed by atoms with Crippen LogP contribution in [0.3, 0.4) is 0 Å². The molecule has 1 amide bonds. The van der Waals surface area contributed by atoms with E-state index in [1.165, 1.54) is 6.20 Å². The van der Waals surface area contributed by atoms with Gasteiger partial charge in [-0.25, -0.2) is 4.39 Å². The molecule has 0 saturated heterocycles. The van der Waals surface area contributed by atoms with Crippen molar-refractivity contribution in [2.75, 3.05) is 25.1 Å². The van der Waals surface area contributed by atoms with Gasteiger partial charge in [-0.15, -0.1) is 0 Å². The van der Waals surface area contributed by atoms with Gasteiger partial charge in [0.2, 0.25) is 0 Å². The van der Waals surface area contributed by atoms with Crippen molar-refractivity contribution in [2.45, 2.75) is 6.42 Å². The lowest BCUT2D eigenvalue weighted by atomic mass is 10.2. The molecule has 0 unspecified atom stereocenters. The molecule has 1 aromatic heterocycles. The molecule has 17 heavy (non-hydrogen) atoms. The number of amides is 1. The molecule has 0 aromatic carbocycles. The summed E-state index contributed by atoms with van der Waals surface area (Å²) in [6, 6.07) is 1.16. The second-order valence-electron chi connectivity index (χ2n) is 3.30. The molecule has 94 valence electrons. The fourth-order valence-corrected chi connectivity index (χ4v) is 1.40. The van der Waals surface area contributed by atoms with Gasteiger partial charge in [-0.1, -0.05) is 15.9 Å². The zero-order chi connectivity index (χ0) is 12.5. The number of pyridine rings is 1. The van der Waals surface area contributed by atoms with Crippen molar-refractivity contribution < 1.29 is 13.9 Å². The Balaban J connectivity index is 2.21. The minimum Gasteiger partial charge on any atom is -0.381 e. The summed E-state index contributed by atoms with van der Waals surface area (Å²) in [5, 5.41) is 3.47. The summed E-state index contributed by atoms with van der Waals surface area (Å²) in [4.78, 5) is 15.1. The average Bonchev–Trinajstić information content (AvgIpc) is 2.33. The van der Waals surface area contributed by atoms with Crippen molar-refractivity contribution >= 4 is 21.8 Å². The maximum absolute atomic E-state index is 12.8. The first kappa shape index (κ1) is 14.1. The van der Waals surface area contributed by atoms with Crippen LogP contribution in [0.25, 0.3) is 0 Å². The lowest BCUT2D eigenvalue weighted by Gasteiger charge is -2.05. The molecule has 0 fully saturated rings. The van der Waals surface area contributed by atoms with Crippen LogP contribution in [-0.4, -0.2) is 36.0 Å². The number of hydrogen-bond acceptors (Lipinski definition) is 3. The third-order valence-corrected chi connectivity index (χ3v) is 2.26. The number of aromatic nitrogens is 1. The maximum atomic E-state index is 12.8. The topological polar surface area (TPSA) is 51.2 Å². The van der Waals surface area contributed by atoms with Gasteiger partial charge >= 0.3 is 0 Å². The van der Waals surface area contributed by atoms with E-state index in [-0.39, 0.29) is 11.5 Å². The summed E-state index contributed by atoms with van der Waals surface area (Å²) in [6.07, 6.45) is 3.12. The third kappa shape index (κ3) is 5.74. The Kier molecular flexibility index (Phi) is 6.73. The van der Waals surface area contributed by atoms with Crippen LogP contribution in [0.5, 0.6) is 0 Å². The average molecular weight is 305 g/mol. The predicted octanol–water partition coefficient (Wildman–Crippen LogP) is 1.75. The predicted molar refractivity (Wildman–Crippen MR) is 65.8 cm³/mol. The van der Waals surface area contributed by atoms with Crippen molar-refractivity contribution in [3.8, 4) is 0 Å². The summed E-state index contributed by atoms with van der Waals surface area (Å²) in [5.74, 6) is -0.837. The van der Waals surface area contributed by atoms with Crippen LogP contribution in [0.4, 0.5) is 4.39 Å². The molecule has 1 heterocycles. The molecule has 0 aliphatic heterocycles. The molecular weight excluding hydrogens is 291 g/mol. The molecule has 1 aromatic rings. The summed E-state index contributed by atoms with van der Waals surface area (Å²) in [5.41, 5.74) is 0.228. The van der Waals surface area contributed by atoms with Crippen molar-refractivity contribution in [3.05, 3.63) is 29.8 Å². The van der Waals surface area contributed by atoms with Gasteiger partial charge < -0.3 is 10.1 Å². The number of hydrogen-bond donors (Lipinski definition) is 1. The zero-order valence-corrected chi connectivity index (χ0v) is 10.9. The lowest BCUT2D eigenvalue weighted by Crippen LogP contribution is -2.25. The van der Waals surface area contributed by atoms with E-state index in [0.717, 1.165) is 24.0 Å². The van der Waals surface area contributed by atoms with Crippen LogP contribution < -0.4 is 5.32 Å². The van der Waals surface area contributed by atoms with Gasteiger partial charge in [0.05, 0.1) is 18.4 Å². The van der Waals surface area contributed by atoms with Crippen LogP contribution in [0, 0.1) is 5.82 Å². The first-order valence-corrected chi connectivity index (χ1v) is 6.38. The normalized spacial score (nSPS) is 10.2. The SMILES string of the molecule is O=C(NCCCOCCBr)c1cncc(F)c1. The minimum atomic E-state index is -0.515. The van der Waals surface area contributed by atoms with Crippen LogP contribution in [0.1, 0.15) is 16.8 Å². The standard InChI is InChI=1S/C11H14BrFN2O2/c12-2-5-17-4-1-3-15-11(16)9-6-10(13)8-14-7-9/h6-8H,1-5H2,(H,15,16). The molecule has 0 saturated carbocycles. The molecule has 1 rings (SSSR count). The number of ether oxygens (including phenoxy) is 1. The Bertz CT molecular complexity index is 363. The van der Waals surface area contributed by atoms with Gasteiger partial charge in [0.15, 0.2) is 0 Å². The second kappa shape index (κ2) is 8.14. The number of nitrogens with zero attached hydrogens (tertiary/aromatic N) is 1. The quantitative estimate of drug-likeness (QED) is 0.617. The zero-order valence-electron chi connectivity index (χ0n) is 9.29. The molecule has 1 N–H and O–H groups in total. The number of alkyl halides is 1. The highest BCUT2D eigenvalue weighted by atomic mass is 79.9. The maximum Gasteiger partial charge on any atom is 0.252 e. The first-order valence-electron chi connectivity index (χ1n) is 5.26. The van der Waals surface area contributed by atoms with Crippen molar-refractivity contribution in [2.24, 2.45) is 0 Å². The van der Waals surface area contributed by atoms with Gasteiger partial charge in [0.1, 0.15) is 5.82 Å². The van der Waals surface area contributed by atoms with E-state index < -0.39 is 5.82 Å². The van der Waals surface area contributed by atoms with Gasteiger partial charge in [0, 0.05) is 24.7 Å². The summed E-state index contributed by atoms with van der Waals surface area (Å²) in [6.45, 7) is 1.74. The summed E-state index contributed by atoms with van der Waals surface area (Å²) >= 11 is 3.24. The molecule has 4 nitrogen and oxygen atoms in total. The van der Waals surface area contributed by atoms with Crippen LogP contribution in [0.15, 0.2) is 18.5 Å². The lowest BCUT2D eigenvalue weighted by molar-refractivity contribution is 0.0944. The fourth-order valence-electron chi connectivity index (χ4n) is 1.17. The van der Waals surface area contributed by atoms with Gasteiger partial charge in [-0.2, -0.15) is 0 Å². The Morgan fingerprint density at radius 2 is 2.29 bits per heavy atom. The molecule has 0 aliphatic carbocycles. The Hall–Kier alpha value is -1.01. The number of rotatable bonds is 7. The molecule has 0 atom stereocenters. The highest BCUT2D eigenvalue weighted by Crippen LogP contribution is 2.00. The van der Waals surface area contributed by atoms with E-state index in [0.29, 0.717) is 19.8 Å². The van der Waals surface area contributed by atoms with Crippen LogP contribution >= 0.6 is 15.9 Å². The second-order valence-corrected chi connectivity index (χ2v) is 4.10. The summed E-state index contributed by atoms with van der Waals surface area (Å²) in [7, 11) is 0. The van der Waals surface area contributed by atoms with Gasteiger partial charge in [-0.3, -0.25) is 9.78 Å². The van der Waals surface area contributed by atoms with E-state index in [1.54, 1.807) is 0 Å². The van der Waals surface area contributed by atoms with E-state index in [4.69, 9.17) is 4.74 Å². The number of carbonyl (C=O) groups is 1. The monoisotopic (exact) mass is 304 g/mol. The van der Waals surface area contributed by atoms with Crippen molar-refractivity contribution in [1.82, 2.24) is 10.3 Å². The largest absolute Gasteiger partial charge is 0.381 e. The fraction of sp³-hybridized carbons (Fsp3) is 0.455. The minimum absolute atomic E-state index is 0.228. The summed E-state index contributed by atoms with van der Waals surface area (Å²) < 4.78 is 18.0. The number of carbonyl (C=O) groups excluding carboxylic acids is 1. The Labute approximate surface area is 108 Å². The molecule has 6 heteroatoms. The van der Waals surface area contributed by atoms with E-state index in [1.807, 2.05) is 0 Å². The number of nitrogens with one attached hydrogen (secondary N) is 1. The first-order chi connectivity index (χ1) is 8.24. The smallest absolute Gasteiger partial charge is 0.252 e. The van der Waals surface area contributed by atoms with Crippen molar-refractivity contribution in [3.63, 3.8) is 0 Å². The molecule has 0 bridgehead atoms. The molecular formula is C11H14BrFN2O2. The molecule has 0 spiro atoms. The van der Waals surface area contributed by atoms with Gasteiger partial charge in [-0.05, 0) is 12.5 Å². The van der Waals surface area contributed by atoms with Gasteiger partial charge in [0.25, 0.3) is 5.91 Å². The van der Waals surface area contributed by atoms with E-state index in [2.05, 4.69) is 26.2 Å². The third-order valence-electron chi connectivity index (χ3n) is 1.94. The van der Waals surface area contributed by atoms with Crippen LogP contribution in [-0.2, 0) is 4.74 Å². The highest BCUT2D eigenvalue weighted by molar-refractivity contribution is 9.09. The molecule has 0 aliphatic rings. The van der Waals surface area contributed by atoms with Crippen LogP contribution in [0.2, 0.25) is 0 Å². The molecule has 0 radical (unpaired) electrons. The number of halogens is 2.